The molecule has 2 aromatic rings. The number of amides is 2. The quantitative estimate of drug-likeness (QED) is 0.727. The van der Waals surface area contributed by atoms with Gasteiger partial charge in [-0.1, -0.05) is 53.0 Å². The minimum Gasteiger partial charge on any atom is -0.343 e. The fourth-order valence-electron chi connectivity index (χ4n) is 2.60. The van der Waals surface area contributed by atoms with Gasteiger partial charge in [0.1, 0.15) is 0 Å². The van der Waals surface area contributed by atoms with Crippen molar-refractivity contribution >= 4 is 46.8 Å². The zero-order chi connectivity index (χ0) is 19.3. The molecule has 2 amide bonds. The molecule has 0 spiro atoms. The fourth-order valence-corrected chi connectivity index (χ4v) is 2.97. The van der Waals surface area contributed by atoms with Gasteiger partial charge in [0, 0.05) is 11.8 Å². The Balaban J connectivity index is 1.92. The van der Waals surface area contributed by atoms with Crippen molar-refractivity contribution in [2.75, 3.05) is 11.9 Å². The topological polar surface area (TPSA) is 58.2 Å². The van der Waals surface area contributed by atoms with Gasteiger partial charge in [0.05, 0.1) is 16.6 Å². The van der Waals surface area contributed by atoms with Gasteiger partial charge < -0.3 is 10.6 Å². The van der Waals surface area contributed by atoms with Gasteiger partial charge in [-0.2, -0.15) is 0 Å². The number of hydrogen-bond acceptors (Lipinski definition) is 2. The molecule has 0 fully saturated rings. The Morgan fingerprint density at radius 3 is 2.38 bits per heavy atom. The number of carbonyl (C=O) groups excluding carboxylic acids is 2. The molecule has 0 aliphatic carbocycles. The molecule has 0 saturated heterocycles. The van der Waals surface area contributed by atoms with Gasteiger partial charge in [-0.15, -0.1) is 0 Å². The standard InChI is InChI=1S/C20H20Cl2N2O2/c1-12-9-13(2)20(14(3)10-12)24-18(26)11-23-17(25)8-7-15-5-4-6-16(21)19(15)22/h4-10H,11H2,1-3H3,(H,23,25)(H,24,26)/b8-7+. The lowest BCUT2D eigenvalue weighted by molar-refractivity contribution is -0.121. The Kier molecular flexibility index (Phi) is 6.83. The van der Waals surface area contributed by atoms with Crippen molar-refractivity contribution in [3.05, 3.63) is 68.7 Å². The zero-order valence-electron chi connectivity index (χ0n) is 14.8. The van der Waals surface area contributed by atoms with Gasteiger partial charge in [0.2, 0.25) is 11.8 Å². The van der Waals surface area contributed by atoms with E-state index in [0.717, 1.165) is 22.4 Å². The van der Waals surface area contributed by atoms with E-state index in [9.17, 15) is 9.59 Å². The fraction of sp³-hybridized carbons (Fsp3) is 0.200. The van der Waals surface area contributed by atoms with E-state index in [1.807, 2.05) is 32.9 Å². The second-order valence-electron chi connectivity index (χ2n) is 6.02. The lowest BCUT2D eigenvalue weighted by Crippen LogP contribution is -2.32. The largest absolute Gasteiger partial charge is 0.343 e. The zero-order valence-corrected chi connectivity index (χ0v) is 16.3. The third-order valence-corrected chi connectivity index (χ3v) is 4.59. The summed E-state index contributed by atoms with van der Waals surface area (Å²) in [5, 5.41) is 6.17. The molecule has 4 nitrogen and oxygen atoms in total. The van der Waals surface area contributed by atoms with Gasteiger partial charge in [-0.05, 0) is 49.6 Å². The highest BCUT2D eigenvalue weighted by molar-refractivity contribution is 6.42. The average molecular weight is 391 g/mol. The summed E-state index contributed by atoms with van der Waals surface area (Å²) in [4.78, 5) is 24.0. The molecule has 6 heteroatoms. The number of aryl methyl sites for hydroxylation is 3. The van der Waals surface area contributed by atoms with Crippen LogP contribution in [0.5, 0.6) is 0 Å². The summed E-state index contributed by atoms with van der Waals surface area (Å²) >= 11 is 12.0. The molecule has 0 bridgehead atoms. The second kappa shape index (κ2) is 8.88. The van der Waals surface area contributed by atoms with Crippen molar-refractivity contribution in [1.29, 1.82) is 0 Å². The highest BCUT2D eigenvalue weighted by Crippen LogP contribution is 2.26. The molecule has 0 radical (unpaired) electrons. The molecule has 0 heterocycles. The molecule has 0 aliphatic rings. The Labute approximate surface area is 163 Å². The van der Waals surface area contributed by atoms with E-state index in [-0.39, 0.29) is 12.5 Å². The van der Waals surface area contributed by atoms with E-state index in [0.29, 0.717) is 15.6 Å². The number of nitrogens with one attached hydrogen (secondary N) is 2. The van der Waals surface area contributed by atoms with Crippen LogP contribution in [0.2, 0.25) is 10.0 Å². The first-order valence-electron chi connectivity index (χ1n) is 8.05. The van der Waals surface area contributed by atoms with E-state index < -0.39 is 5.91 Å². The smallest absolute Gasteiger partial charge is 0.244 e. The number of anilines is 1. The Hall–Kier alpha value is -2.30. The summed E-state index contributed by atoms with van der Waals surface area (Å²) in [5.74, 6) is -0.684. The number of benzene rings is 2. The molecule has 0 aromatic heterocycles. The number of carbonyl (C=O) groups is 2. The van der Waals surface area contributed by atoms with E-state index >= 15 is 0 Å². The van der Waals surface area contributed by atoms with Crippen molar-refractivity contribution < 1.29 is 9.59 Å². The van der Waals surface area contributed by atoms with E-state index in [4.69, 9.17) is 23.2 Å². The van der Waals surface area contributed by atoms with Crippen LogP contribution in [0.3, 0.4) is 0 Å². The number of hydrogen-bond donors (Lipinski definition) is 2. The molecule has 0 unspecified atom stereocenters. The predicted molar refractivity (Wildman–Crippen MR) is 108 cm³/mol. The van der Waals surface area contributed by atoms with Crippen molar-refractivity contribution in [3.63, 3.8) is 0 Å². The van der Waals surface area contributed by atoms with Gasteiger partial charge in [0.15, 0.2) is 0 Å². The molecule has 0 saturated carbocycles. The lowest BCUT2D eigenvalue weighted by Gasteiger charge is -2.13. The molecular weight excluding hydrogens is 371 g/mol. The van der Waals surface area contributed by atoms with Crippen molar-refractivity contribution in [3.8, 4) is 0 Å². The summed E-state index contributed by atoms with van der Waals surface area (Å²) in [6, 6.07) is 9.15. The van der Waals surface area contributed by atoms with E-state index in [1.54, 1.807) is 24.3 Å². The van der Waals surface area contributed by atoms with E-state index in [2.05, 4.69) is 10.6 Å². The van der Waals surface area contributed by atoms with E-state index in [1.165, 1.54) is 6.08 Å². The van der Waals surface area contributed by atoms with Crippen molar-refractivity contribution in [2.24, 2.45) is 0 Å². The van der Waals surface area contributed by atoms with Gasteiger partial charge in [0.25, 0.3) is 0 Å². The number of rotatable bonds is 5. The lowest BCUT2D eigenvalue weighted by atomic mass is 10.1. The van der Waals surface area contributed by atoms with Gasteiger partial charge in [-0.3, -0.25) is 9.59 Å². The average Bonchev–Trinajstić information content (AvgIpc) is 2.57. The molecule has 0 aliphatic heterocycles. The molecular formula is C20H20Cl2N2O2. The van der Waals surface area contributed by atoms with Crippen LogP contribution in [0, 0.1) is 20.8 Å². The highest BCUT2D eigenvalue weighted by atomic mass is 35.5. The highest BCUT2D eigenvalue weighted by Gasteiger charge is 2.09. The normalized spacial score (nSPS) is 10.8. The summed E-state index contributed by atoms with van der Waals surface area (Å²) in [5.41, 5.74) is 4.51. The Bertz CT molecular complexity index is 853. The Morgan fingerprint density at radius 2 is 1.73 bits per heavy atom. The maximum absolute atomic E-state index is 12.1. The maximum Gasteiger partial charge on any atom is 0.244 e. The summed E-state index contributed by atoms with van der Waals surface area (Å²) in [7, 11) is 0. The third-order valence-electron chi connectivity index (χ3n) is 3.76. The maximum atomic E-state index is 12.1. The number of halogens is 2. The van der Waals surface area contributed by atoms with Crippen LogP contribution in [-0.2, 0) is 9.59 Å². The van der Waals surface area contributed by atoms with Crippen LogP contribution in [0.1, 0.15) is 22.3 Å². The van der Waals surface area contributed by atoms with Crippen LogP contribution in [0.4, 0.5) is 5.69 Å². The van der Waals surface area contributed by atoms with Gasteiger partial charge in [-0.25, -0.2) is 0 Å². The second-order valence-corrected chi connectivity index (χ2v) is 6.80. The first kappa shape index (κ1) is 20.0. The molecule has 2 aromatic carbocycles. The molecule has 0 atom stereocenters. The molecule has 2 rings (SSSR count). The minimum absolute atomic E-state index is 0.126. The molecule has 136 valence electrons. The van der Waals surface area contributed by atoms with Gasteiger partial charge >= 0.3 is 0 Å². The summed E-state index contributed by atoms with van der Waals surface area (Å²) in [6.07, 6.45) is 2.86. The summed E-state index contributed by atoms with van der Waals surface area (Å²) in [6.45, 7) is 5.75. The van der Waals surface area contributed by atoms with Crippen LogP contribution in [0.15, 0.2) is 36.4 Å². The molecule has 2 N–H and O–H groups in total. The van der Waals surface area contributed by atoms with Crippen LogP contribution >= 0.6 is 23.2 Å². The monoisotopic (exact) mass is 390 g/mol. The SMILES string of the molecule is Cc1cc(C)c(NC(=O)CNC(=O)/C=C/c2cccc(Cl)c2Cl)c(C)c1. The van der Waals surface area contributed by atoms with Crippen LogP contribution < -0.4 is 10.6 Å². The third kappa shape index (κ3) is 5.35. The first-order chi connectivity index (χ1) is 12.3. The predicted octanol–water partition coefficient (Wildman–Crippen LogP) is 4.69. The minimum atomic E-state index is -0.395. The van der Waals surface area contributed by atoms with Crippen LogP contribution in [-0.4, -0.2) is 18.4 Å². The summed E-state index contributed by atoms with van der Waals surface area (Å²) < 4.78 is 0. The Morgan fingerprint density at radius 1 is 1.08 bits per heavy atom. The van der Waals surface area contributed by atoms with Crippen molar-refractivity contribution in [1.82, 2.24) is 5.32 Å². The first-order valence-corrected chi connectivity index (χ1v) is 8.81. The van der Waals surface area contributed by atoms with Crippen molar-refractivity contribution in [2.45, 2.75) is 20.8 Å². The molecule has 26 heavy (non-hydrogen) atoms. The van der Waals surface area contributed by atoms with Crippen LogP contribution in [0.25, 0.3) is 6.08 Å².